The normalized spacial score (nSPS) is 27.6. The molecule has 1 aromatic rings. The van der Waals surface area contributed by atoms with Gasteiger partial charge in [0.1, 0.15) is 5.75 Å². The largest absolute Gasteiger partial charge is 0.496 e. The number of benzene rings is 1. The molecule has 2 unspecified atom stereocenters. The second kappa shape index (κ2) is 4.69. The zero-order valence-electron chi connectivity index (χ0n) is 11.3. The summed E-state index contributed by atoms with van der Waals surface area (Å²) < 4.78 is 5.44. The Balaban J connectivity index is 2.37. The minimum Gasteiger partial charge on any atom is -0.496 e. The third kappa shape index (κ3) is 1.95. The maximum atomic E-state index is 5.44. The fourth-order valence-corrected chi connectivity index (χ4v) is 3.02. The predicted octanol–water partition coefficient (Wildman–Crippen LogP) is 2.89. The molecule has 2 atom stereocenters. The number of hydrogen-bond donors (Lipinski definition) is 1. The number of rotatable bonds is 4. The summed E-state index contributed by atoms with van der Waals surface area (Å²) in [5, 5.41) is 3.35. The number of hydrogen-bond acceptors (Lipinski definition) is 2. The fraction of sp³-hybridized carbons (Fsp3) is 0.600. The molecule has 2 heteroatoms. The van der Waals surface area contributed by atoms with E-state index in [-0.39, 0.29) is 0 Å². The Morgan fingerprint density at radius 2 is 2.24 bits per heavy atom. The van der Waals surface area contributed by atoms with E-state index >= 15 is 0 Å². The summed E-state index contributed by atoms with van der Waals surface area (Å²) in [6.07, 6.45) is 2.61. The van der Waals surface area contributed by atoms with Crippen LogP contribution in [0.15, 0.2) is 18.2 Å². The minimum atomic E-state index is 0.315. The summed E-state index contributed by atoms with van der Waals surface area (Å²) in [6.45, 7) is 5.51. The van der Waals surface area contributed by atoms with Crippen molar-refractivity contribution in [2.75, 3.05) is 20.7 Å². The van der Waals surface area contributed by atoms with Crippen LogP contribution in [0, 0.1) is 12.8 Å². The lowest BCUT2D eigenvalue weighted by Crippen LogP contribution is -2.49. The number of likely N-dealkylation sites (N-methyl/N-ethyl adjacent to an activating group) is 1. The highest BCUT2D eigenvalue weighted by Crippen LogP contribution is 2.48. The molecule has 0 radical (unpaired) electrons. The molecule has 2 nitrogen and oxygen atoms in total. The molecule has 1 saturated carbocycles. The third-order valence-corrected chi connectivity index (χ3v) is 4.44. The first-order valence-electron chi connectivity index (χ1n) is 6.44. The summed E-state index contributed by atoms with van der Waals surface area (Å²) in [5.41, 5.74) is 2.95. The molecule has 2 rings (SSSR count). The molecule has 0 aromatic heterocycles. The minimum absolute atomic E-state index is 0.315. The quantitative estimate of drug-likeness (QED) is 0.863. The Bertz CT molecular complexity index is 402. The second-order valence-corrected chi connectivity index (χ2v) is 5.31. The summed E-state index contributed by atoms with van der Waals surface area (Å²) in [5.74, 6) is 1.76. The lowest BCUT2D eigenvalue weighted by Gasteiger charge is -2.49. The Morgan fingerprint density at radius 1 is 1.47 bits per heavy atom. The van der Waals surface area contributed by atoms with Crippen molar-refractivity contribution in [3.8, 4) is 5.75 Å². The molecular formula is C15H23NO. The number of ether oxygens (including phenoxy) is 1. The maximum absolute atomic E-state index is 5.44. The molecule has 0 spiro atoms. The van der Waals surface area contributed by atoms with Crippen LogP contribution < -0.4 is 10.1 Å². The molecular weight excluding hydrogens is 210 g/mol. The highest BCUT2D eigenvalue weighted by Gasteiger charge is 2.44. The van der Waals surface area contributed by atoms with Crippen LogP contribution >= 0.6 is 0 Å². The van der Waals surface area contributed by atoms with Gasteiger partial charge in [0.05, 0.1) is 7.11 Å². The molecule has 94 valence electrons. The van der Waals surface area contributed by atoms with Crippen LogP contribution in [-0.4, -0.2) is 20.7 Å². The van der Waals surface area contributed by atoms with Crippen molar-refractivity contribution >= 4 is 0 Å². The van der Waals surface area contributed by atoms with Crippen LogP contribution in [0.5, 0.6) is 5.75 Å². The predicted molar refractivity (Wildman–Crippen MR) is 71.7 cm³/mol. The van der Waals surface area contributed by atoms with Crippen LogP contribution in [0.2, 0.25) is 0 Å². The Labute approximate surface area is 104 Å². The van der Waals surface area contributed by atoms with E-state index in [4.69, 9.17) is 4.74 Å². The average Bonchev–Trinajstić information content (AvgIpc) is 2.35. The monoisotopic (exact) mass is 233 g/mol. The van der Waals surface area contributed by atoms with E-state index in [1.54, 1.807) is 7.11 Å². The average molecular weight is 233 g/mol. The molecule has 1 fully saturated rings. The highest BCUT2D eigenvalue weighted by molar-refractivity contribution is 5.41. The standard InChI is InChI=1S/C15H23NO/c1-11-5-6-13(9-14(11)17-4)15(10-16-3)8-7-12(15)2/h5-6,9,12,16H,7-8,10H2,1-4H3. The van der Waals surface area contributed by atoms with Crippen molar-refractivity contribution in [1.29, 1.82) is 0 Å². The van der Waals surface area contributed by atoms with E-state index in [2.05, 4.69) is 37.4 Å². The van der Waals surface area contributed by atoms with Crippen molar-refractivity contribution in [2.45, 2.75) is 32.1 Å². The van der Waals surface area contributed by atoms with Gasteiger partial charge in [-0.1, -0.05) is 19.1 Å². The van der Waals surface area contributed by atoms with Crippen molar-refractivity contribution < 1.29 is 4.74 Å². The van der Waals surface area contributed by atoms with Gasteiger partial charge in [0.25, 0.3) is 0 Å². The molecule has 0 amide bonds. The first-order chi connectivity index (χ1) is 8.14. The molecule has 1 aliphatic carbocycles. The molecule has 0 heterocycles. The summed E-state index contributed by atoms with van der Waals surface area (Å²) in [7, 11) is 3.79. The molecule has 17 heavy (non-hydrogen) atoms. The zero-order valence-corrected chi connectivity index (χ0v) is 11.3. The van der Waals surface area contributed by atoms with Crippen LogP contribution in [0.1, 0.15) is 30.9 Å². The molecule has 1 aliphatic rings. The maximum Gasteiger partial charge on any atom is 0.122 e. The van der Waals surface area contributed by atoms with Crippen LogP contribution in [0.4, 0.5) is 0 Å². The van der Waals surface area contributed by atoms with Crippen LogP contribution in [-0.2, 0) is 5.41 Å². The van der Waals surface area contributed by atoms with Gasteiger partial charge in [-0.2, -0.15) is 0 Å². The van der Waals surface area contributed by atoms with E-state index in [0.29, 0.717) is 5.41 Å². The van der Waals surface area contributed by atoms with E-state index in [1.165, 1.54) is 24.0 Å². The Morgan fingerprint density at radius 3 is 2.71 bits per heavy atom. The van der Waals surface area contributed by atoms with Crippen LogP contribution in [0.3, 0.4) is 0 Å². The van der Waals surface area contributed by atoms with E-state index in [0.717, 1.165) is 18.2 Å². The molecule has 0 bridgehead atoms. The first kappa shape index (κ1) is 12.4. The highest BCUT2D eigenvalue weighted by atomic mass is 16.5. The number of methoxy groups -OCH3 is 1. The van der Waals surface area contributed by atoms with Crippen molar-refractivity contribution in [2.24, 2.45) is 5.92 Å². The van der Waals surface area contributed by atoms with Crippen molar-refractivity contribution in [3.63, 3.8) is 0 Å². The van der Waals surface area contributed by atoms with Gasteiger partial charge in [0.15, 0.2) is 0 Å². The molecule has 1 aromatic carbocycles. The number of nitrogens with one attached hydrogen (secondary N) is 1. The van der Waals surface area contributed by atoms with E-state index in [9.17, 15) is 0 Å². The van der Waals surface area contributed by atoms with Gasteiger partial charge in [-0.25, -0.2) is 0 Å². The Kier molecular flexibility index (Phi) is 3.43. The van der Waals surface area contributed by atoms with Gasteiger partial charge in [-0.3, -0.25) is 0 Å². The van der Waals surface area contributed by atoms with Gasteiger partial charge < -0.3 is 10.1 Å². The Hall–Kier alpha value is -1.02. The molecule has 0 saturated heterocycles. The van der Waals surface area contributed by atoms with Gasteiger partial charge in [0.2, 0.25) is 0 Å². The first-order valence-corrected chi connectivity index (χ1v) is 6.44. The lowest BCUT2D eigenvalue weighted by atomic mass is 9.57. The molecule has 0 aliphatic heterocycles. The van der Waals surface area contributed by atoms with Gasteiger partial charge in [-0.05, 0) is 49.9 Å². The third-order valence-electron chi connectivity index (χ3n) is 4.44. The van der Waals surface area contributed by atoms with Gasteiger partial charge in [-0.15, -0.1) is 0 Å². The topological polar surface area (TPSA) is 21.3 Å². The fourth-order valence-electron chi connectivity index (χ4n) is 3.02. The molecule has 1 N–H and O–H groups in total. The summed E-state index contributed by atoms with van der Waals surface area (Å²) in [4.78, 5) is 0. The smallest absolute Gasteiger partial charge is 0.122 e. The zero-order chi connectivity index (χ0) is 12.5. The van der Waals surface area contributed by atoms with Gasteiger partial charge >= 0.3 is 0 Å². The van der Waals surface area contributed by atoms with E-state index < -0.39 is 0 Å². The summed E-state index contributed by atoms with van der Waals surface area (Å²) >= 11 is 0. The van der Waals surface area contributed by atoms with Crippen molar-refractivity contribution in [3.05, 3.63) is 29.3 Å². The lowest BCUT2D eigenvalue weighted by molar-refractivity contribution is 0.136. The second-order valence-electron chi connectivity index (χ2n) is 5.31. The van der Waals surface area contributed by atoms with Crippen LogP contribution in [0.25, 0.3) is 0 Å². The van der Waals surface area contributed by atoms with E-state index in [1.807, 2.05) is 7.05 Å². The number of aryl methyl sites for hydroxylation is 1. The summed E-state index contributed by atoms with van der Waals surface area (Å²) in [6, 6.07) is 6.67. The SMILES string of the molecule is CNCC1(c2ccc(C)c(OC)c2)CCC1C. The van der Waals surface area contributed by atoms with Gasteiger partial charge in [0, 0.05) is 12.0 Å². The van der Waals surface area contributed by atoms with Crippen molar-refractivity contribution in [1.82, 2.24) is 5.32 Å².